The fraction of sp³-hybridized carbons (Fsp3) is 0.294. The van der Waals surface area contributed by atoms with Gasteiger partial charge in [0.05, 0.1) is 22.1 Å². The van der Waals surface area contributed by atoms with Crippen molar-refractivity contribution < 1.29 is 0 Å². The second-order valence-electron chi connectivity index (χ2n) is 5.33. The molecule has 0 unspecified atom stereocenters. The first-order chi connectivity index (χ1) is 10.1. The van der Waals surface area contributed by atoms with Crippen LogP contribution < -0.4 is 0 Å². The molecule has 108 valence electrons. The van der Waals surface area contributed by atoms with Crippen molar-refractivity contribution in [1.29, 1.82) is 0 Å². The third-order valence-corrected chi connectivity index (χ3v) is 4.11. The summed E-state index contributed by atoms with van der Waals surface area (Å²) in [6.07, 6.45) is 5.98. The van der Waals surface area contributed by atoms with E-state index in [0.29, 0.717) is 5.02 Å². The molecule has 0 atom stereocenters. The van der Waals surface area contributed by atoms with Crippen LogP contribution in [0.15, 0.2) is 30.6 Å². The van der Waals surface area contributed by atoms with Gasteiger partial charge in [0, 0.05) is 18.0 Å². The minimum absolute atomic E-state index is 0.684. The molecule has 0 spiro atoms. The van der Waals surface area contributed by atoms with Crippen LogP contribution in [0.3, 0.4) is 0 Å². The number of hydrogen-bond donors (Lipinski definition) is 0. The first kappa shape index (κ1) is 14.1. The summed E-state index contributed by atoms with van der Waals surface area (Å²) in [5.74, 6) is 0. The van der Waals surface area contributed by atoms with E-state index in [1.54, 1.807) is 0 Å². The zero-order valence-electron chi connectivity index (χ0n) is 12.5. The molecule has 0 aliphatic heterocycles. The van der Waals surface area contributed by atoms with E-state index in [-0.39, 0.29) is 0 Å². The lowest BCUT2D eigenvalue weighted by Crippen LogP contribution is -1.95. The molecule has 0 saturated carbocycles. The van der Waals surface area contributed by atoms with Gasteiger partial charge in [0.15, 0.2) is 0 Å². The lowest BCUT2D eigenvalue weighted by Gasteiger charge is -2.05. The van der Waals surface area contributed by atoms with Crippen LogP contribution in [0.4, 0.5) is 0 Å². The van der Waals surface area contributed by atoms with E-state index < -0.39 is 0 Å². The van der Waals surface area contributed by atoms with Gasteiger partial charge in [-0.05, 0) is 38.0 Å². The van der Waals surface area contributed by atoms with E-state index >= 15 is 0 Å². The average molecular weight is 300 g/mol. The van der Waals surface area contributed by atoms with Crippen molar-refractivity contribution in [1.82, 2.24) is 14.4 Å². The van der Waals surface area contributed by atoms with Gasteiger partial charge in [0.1, 0.15) is 5.65 Å². The van der Waals surface area contributed by atoms with E-state index in [1.807, 2.05) is 19.2 Å². The molecular weight excluding hydrogens is 282 g/mol. The van der Waals surface area contributed by atoms with Crippen LogP contribution in [0.2, 0.25) is 5.02 Å². The maximum atomic E-state index is 6.23. The Morgan fingerprint density at radius 2 is 2.10 bits per heavy atom. The summed E-state index contributed by atoms with van der Waals surface area (Å²) in [4.78, 5) is 9.20. The van der Waals surface area contributed by atoms with Crippen LogP contribution in [0.25, 0.3) is 16.9 Å². The second kappa shape index (κ2) is 5.49. The highest BCUT2D eigenvalue weighted by molar-refractivity contribution is 6.31. The molecule has 0 fully saturated rings. The number of rotatable bonds is 3. The monoisotopic (exact) mass is 299 g/mol. The quantitative estimate of drug-likeness (QED) is 0.706. The highest BCUT2D eigenvalue weighted by Crippen LogP contribution is 2.28. The Kier molecular flexibility index (Phi) is 3.68. The number of halogens is 1. The maximum absolute atomic E-state index is 6.23. The van der Waals surface area contributed by atoms with Gasteiger partial charge in [0.25, 0.3) is 0 Å². The summed E-state index contributed by atoms with van der Waals surface area (Å²) < 4.78 is 2.18. The van der Waals surface area contributed by atoms with Gasteiger partial charge in [-0.25, -0.2) is 4.98 Å². The van der Waals surface area contributed by atoms with Gasteiger partial charge in [0.2, 0.25) is 0 Å². The van der Waals surface area contributed by atoms with Gasteiger partial charge in [-0.15, -0.1) is 0 Å². The van der Waals surface area contributed by atoms with E-state index in [1.165, 1.54) is 11.3 Å². The fourth-order valence-electron chi connectivity index (χ4n) is 2.60. The lowest BCUT2D eigenvalue weighted by molar-refractivity contribution is 0.869. The molecule has 3 aromatic heterocycles. The predicted octanol–water partition coefficient (Wildman–Crippen LogP) is 4.62. The molecular formula is C17H18ClN3. The molecule has 3 nitrogen and oxygen atoms in total. The highest BCUT2D eigenvalue weighted by atomic mass is 35.5. The normalized spacial score (nSPS) is 11.2. The molecule has 0 saturated heterocycles. The van der Waals surface area contributed by atoms with Crippen molar-refractivity contribution in [2.75, 3.05) is 0 Å². The summed E-state index contributed by atoms with van der Waals surface area (Å²) in [5, 5.41) is 0.684. The fourth-order valence-corrected chi connectivity index (χ4v) is 2.76. The van der Waals surface area contributed by atoms with E-state index in [4.69, 9.17) is 16.6 Å². The average Bonchev–Trinajstić information content (AvgIpc) is 2.83. The third kappa shape index (κ3) is 2.42. The number of fused-ring (bicyclic) bond motifs is 1. The van der Waals surface area contributed by atoms with Crippen molar-refractivity contribution in [2.45, 2.75) is 33.6 Å². The molecule has 0 bridgehead atoms. The largest absolute Gasteiger partial charge is 0.303 e. The van der Waals surface area contributed by atoms with Crippen LogP contribution in [-0.2, 0) is 6.42 Å². The van der Waals surface area contributed by atoms with Crippen LogP contribution in [0.5, 0.6) is 0 Å². The van der Waals surface area contributed by atoms with E-state index in [2.05, 4.69) is 41.6 Å². The number of nitrogens with zero attached hydrogens (tertiary/aromatic N) is 3. The summed E-state index contributed by atoms with van der Waals surface area (Å²) >= 11 is 6.23. The lowest BCUT2D eigenvalue weighted by atomic mass is 10.1. The number of pyridine rings is 2. The Hall–Kier alpha value is -1.87. The van der Waals surface area contributed by atoms with E-state index in [0.717, 1.165) is 35.4 Å². The molecule has 0 aliphatic carbocycles. The number of aryl methyl sites for hydroxylation is 3. The molecule has 0 N–H and O–H groups in total. The van der Waals surface area contributed by atoms with Gasteiger partial charge < -0.3 is 4.40 Å². The first-order valence-electron chi connectivity index (χ1n) is 7.21. The Morgan fingerprint density at radius 1 is 1.29 bits per heavy atom. The Balaban J connectivity index is 2.27. The Morgan fingerprint density at radius 3 is 2.81 bits per heavy atom. The van der Waals surface area contributed by atoms with Crippen molar-refractivity contribution in [3.8, 4) is 11.3 Å². The van der Waals surface area contributed by atoms with Gasteiger partial charge in [-0.1, -0.05) is 31.0 Å². The molecule has 3 aromatic rings. The molecule has 3 heterocycles. The highest BCUT2D eigenvalue weighted by Gasteiger charge is 2.15. The topological polar surface area (TPSA) is 30.2 Å². The van der Waals surface area contributed by atoms with Crippen LogP contribution in [0, 0.1) is 13.8 Å². The van der Waals surface area contributed by atoms with Crippen LogP contribution in [-0.4, -0.2) is 14.4 Å². The molecule has 3 rings (SSSR count). The molecule has 21 heavy (non-hydrogen) atoms. The Bertz CT molecular complexity index is 805. The maximum Gasteiger partial charge on any atom is 0.140 e. The molecule has 0 aliphatic rings. The van der Waals surface area contributed by atoms with Gasteiger partial charge in [-0.3, -0.25) is 4.98 Å². The van der Waals surface area contributed by atoms with Gasteiger partial charge in [-0.2, -0.15) is 0 Å². The summed E-state index contributed by atoms with van der Waals surface area (Å²) in [7, 11) is 0. The van der Waals surface area contributed by atoms with Crippen molar-refractivity contribution in [2.24, 2.45) is 0 Å². The molecule has 0 aromatic carbocycles. The van der Waals surface area contributed by atoms with Crippen molar-refractivity contribution in [3.63, 3.8) is 0 Å². The van der Waals surface area contributed by atoms with Crippen molar-refractivity contribution in [3.05, 3.63) is 52.6 Å². The van der Waals surface area contributed by atoms with Crippen LogP contribution >= 0.6 is 11.6 Å². The smallest absolute Gasteiger partial charge is 0.140 e. The standard InChI is InChI=1S/C17H18ClN3/c1-4-6-15-16(13-9-14(18)12(3)19-10-13)20-17-11(2)7-5-8-21(15)17/h5,7-10H,4,6H2,1-3H3. The second-order valence-corrected chi connectivity index (χ2v) is 5.74. The number of hydrogen-bond acceptors (Lipinski definition) is 2. The van der Waals surface area contributed by atoms with Crippen LogP contribution in [0.1, 0.15) is 30.3 Å². The minimum Gasteiger partial charge on any atom is -0.303 e. The number of imidazole rings is 1. The molecule has 0 radical (unpaired) electrons. The van der Waals surface area contributed by atoms with E-state index in [9.17, 15) is 0 Å². The third-order valence-electron chi connectivity index (χ3n) is 3.73. The van der Waals surface area contributed by atoms with Gasteiger partial charge >= 0.3 is 0 Å². The predicted molar refractivity (Wildman–Crippen MR) is 86.9 cm³/mol. The summed E-state index contributed by atoms with van der Waals surface area (Å²) in [6, 6.07) is 6.11. The zero-order valence-corrected chi connectivity index (χ0v) is 13.3. The zero-order chi connectivity index (χ0) is 15.0. The SMILES string of the molecule is CCCc1c(-c2cnc(C)c(Cl)c2)nc2c(C)cccn12. The molecule has 0 amide bonds. The van der Waals surface area contributed by atoms with Crippen molar-refractivity contribution >= 4 is 17.2 Å². The number of aromatic nitrogens is 3. The minimum atomic E-state index is 0.684. The summed E-state index contributed by atoms with van der Waals surface area (Å²) in [6.45, 7) is 6.18. The summed E-state index contributed by atoms with van der Waals surface area (Å²) in [5.41, 5.74) is 6.22. The Labute approximate surface area is 129 Å². The molecule has 4 heteroatoms. The first-order valence-corrected chi connectivity index (χ1v) is 7.58.